The number of rotatable bonds is 5. The zero-order chi connectivity index (χ0) is 16.2. The zero-order valence-electron chi connectivity index (χ0n) is 14.0. The van der Waals surface area contributed by atoms with Crippen LogP contribution in [0.1, 0.15) is 23.7 Å². The highest BCUT2D eigenvalue weighted by Crippen LogP contribution is 2.20. The molecule has 2 aromatic heterocycles. The molecular formula is C20H23N3. The standard InChI is InChI=1S/C20H23N3/c1-15-7-10-22-19(11-15)12-16(2)23(3)14-18-6-4-5-17-13-21-9-8-20(17)18/h4-11,13,16H,12,14H2,1-3H3. The molecule has 0 saturated carbocycles. The van der Waals surface area contributed by atoms with Gasteiger partial charge in [0, 0.05) is 48.7 Å². The molecule has 0 bridgehead atoms. The number of pyridine rings is 2. The molecule has 1 atom stereocenters. The smallest absolute Gasteiger partial charge is 0.0421 e. The first-order valence-electron chi connectivity index (χ1n) is 8.07. The van der Waals surface area contributed by atoms with Crippen LogP contribution in [0.4, 0.5) is 0 Å². The average molecular weight is 305 g/mol. The fourth-order valence-corrected chi connectivity index (χ4v) is 2.92. The van der Waals surface area contributed by atoms with Crippen LogP contribution in [0.15, 0.2) is 55.0 Å². The summed E-state index contributed by atoms with van der Waals surface area (Å²) in [7, 11) is 2.18. The van der Waals surface area contributed by atoms with E-state index < -0.39 is 0 Å². The molecule has 0 aliphatic carbocycles. The van der Waals surface area contributed by atoms with Gasteiger partial charge in [0.15, 0.2) is 0 Å². The van der Waals surface area contributed by atoms with Crippen molar-refractivity contribution in [3.05, 3.63) is 71.8 Å². The van der Waals surface area contributed by atoms with Crippen molar-refractivity contribution in [2.75, 3.05) is 7.05 Å². The lowest BCUT2D eigenvalue weighted by Crippen LogP contribution is -2.30. The molecule has 0 saturated heterocycles. The molecule has 0 spiro atoms. The summed E-state index contributed by atoms with van der Waals surface area (Å²) >= 11 is 0. The summed E-state index contributed by atoms with van der Waals surface area (Å²) in [5.41, 5.74) is 3.77. The molecule has 3 heteroatoms. The molecule has 0 amide bonds. The highest BCUT2D eigenvalue weighted by atomic mass is 15.1. The Morgan fingerprint density at radius 3 is 2.83 bits per heavy atom. The summed E-state index contributed by atoms with van der Waals surface area (Å²) in [6.07, 6.45) is 6.66. The number of hydrogen-bond acceptors (Lipinski definition) is 3. The molecule has 0 fully saturated rings. The highest BCUT2D eigenvalue weighted by Gasteiger charge is 2.12. The van der Waals surface area contributed by atoms with Gasteiger partial charge in [0.05, 0.1) is 0 Å². The lowest BCUT2D eigenvalue weighted by atomic mass is 10.0. The number of fused-ring (bicyclic) bond motifs is 1. The minimum atomic E-state index is 0.432. The Hall–Kier alpha value is -2.26. The summed E-state index contributed by atoms with van der Waals surface area (Å²) in [4.78, 5) is 11.1. The Bertz CT molecular complexity index is 792. The van der Waals surface area contributed by atoms with Crippen molar-refractivity contribution in [1.29, 1.82) is 0 Å². The van der Waals surface area contributed by atoms with Gasteiger partial charge < -0.3 is 0 Å². The number of benzene rings is 1. The van der Waals surface area contributed by atoms with Crippen molar-refractivity contribution < 1.29 is 0 Å². The summed E-state index contributed by atoms with van der Waals surface area (Å²) < 4.78 is 0. The van der Waals surface area contributed by atoms with Gasteiger partial charge in [0.25, 0.3) is 0 Å². The van der Waals surface area contributed by atoms with E-state index in [1.54, 1.807) is 0 Å². The molecule has 3 aromatic rings. The van der Waals surface area contributed by atoms with E-state index >= 15 is 0 Å². The fraction of sp³-hybridized carbons (Fsp3) is 0.300. The topological polar surface area (TPSA) is 29.0 Å². The van der Waals surface area contributed by atoms with Crippen LogP contribution in [-0.4, -0.2) is 28.0 Å². The molecule has 0 radical (unpaired) electrons. The molecule has 0 N–H and O–H groups in total. The Kier molecular flexibility index (Phi) is 4.68. The van der Waals surface area contributed by atoms with Crippen molar-refractivity contribution in [3.8, 4) is 0 Å². The van der Waals surface area contributed by atoms with Gasteiger partial charge in [-0.2, -0.15) is 0 Å². The lowest BCUT2D eigenvalue weighted by molar-refractivity contribution is 0.247. The summed E-state index contributed by atoms with van der Waals surface area (Å²) in [6, 6.07) is 13.2. The van der Waals surface area contributed by atoms with Crippen LogP contribution >= 0.6 is 0 Å². The van der Waals surface area contributed by atoms with E-state index in [2.05, 4.69) is 66.1 Å². The molecule has 3 nitrogen and oxygen atoms in total. The quantitative estimate of drug-likeness (QED) is 0.713. The van der Waals surface area contributed by atoms with Crippen LogP contribution in [-0.2, 0) is 13.0 Å². The van der Waals surface area contributed by atoms with E-state index in [1.165, 1.54) is 21.9 Å². The third kappa shape index (κ3) is 3.74. The van der Waals surface area contributed by atoms with Crippen molar-refractivity contribution in [1.82, 2.24) is 14.9 Å². The third-order valence-electron chi connectivity index (χ3n) is 4.42. The fourth-order valence-electron chi connectivity index (χ4n) is 2.92. The van der Waals surface area contributed by atoms with Gasteiger partial charge in [-0.15, -0.1) is 0 Å². The Balaban J connectivity index is 1.74. The van der Waals surface area contributed by atoms with Crippen LogP contribution in [0, 0.1) is 6.92 Å². The van der Waals surface area contributed by atoms with E-state index in [4.69, 9.17) is 0 Å². The van der Waals surface area contributed by atoms with Crippen LogP contribution in [0.5, 0.6) is 0 Å². The van der Waals surface area contributed by atoms with Crippen LogP contribution in [0.3, 0.4) is 0 Å². The van der Waals surface area contributed by atoms with Gasteiger partial charge in [-0.3, -0.25) is 14.9 Å². The number of aromatic nitrogens is 2. The van der Waals surface area contributed by atoms with Gasteiger partial charge in [-0.05, 0) is 55.6 Å². The van der Waals surface area contributed by atoms with Gasteiger partial charge in [-0.1, -0.05) is 18.2 Å². The van der Waals surface area contributed by atoms with Crippen LogP contribution in [0.25, 0.3) is 10.8 Å². The summed E-state index contributed by atoms with van der Waals surface area (Å²) in [6.45, 7) is 5.30. The summed E-state index contributed by atoms with van der Waals surface area (Å²) in [5.74, 6) is 0. The maximum absolute atomic E-state index is 4.48. The molecule has 0 aliphatic heterocycles. The second kappa shape index (κ2) is 6.88. The maximum atomic E-state index is 4.48. The molecular weight excluding hydrogens is 282 g/mol. The highest BCUT2D eigenvalue weighted by molar-refractivity contribution is 5.84. The molecule has 3 rings (SSSR count). The van der Waals surface area contributed by atoms with Crippen LogP contribution in [0.2, 0.25) is 0 Å². The van der Waals surface area contributed by atoms with Crippen molar-refractivity contribution in [2.45, 2.75) is 32.9 Å². The van der Waals surface area contributed by atoms with E-state index in [0.717, 1.165) is 18.7 Å². The first kappa shape index (κ1) is 15.6. The van der Waals surface area contributed by atoms with Gasteiger partial charge in [0.1, 0.15) is 0 Å². The van der Waals surface area contributed by atoms with E-state index in [1.807, 2.05) is 24.7 Å². The summed E-state index contributed by atoms with van der Waals surface area (Å²) in [5, 5.41) is 2.49. The maximum Gasteiger partial charge on any atom is 0.0421 e. The number of nitrogens with zero attached hydrogens (tertiary/aromatic N) is 3. The zero-order valence-corrected chi connectivity index (χ0v) is 14.0. The molecule has 0 aliphatic rings. The Morgan fingerprint density at radius 1 is 1.13 bits per heavy atom. The number of aryl methyl sites for hydroxylation is 1. The van der Waals surface area contributed by atoms with E-state index in [-0.39, 0.29) is 0 Å². The third-order valence-corrected chi connectivity index (χ3v) is 4.42. The SMILES string of the molecule is Cc1ccnc(CC(C)N(C)Cc2cccc3cnccc23)c1. The van der Waals surface area contributed by atoms with E-state index in [9.17, 15) is 0 Å². The van der Waals surface area contributed by atoms with E-state index in [0.29, 0.717) is 6.04 Å². The molecule has 23 heavy (non-hydrogen) atoms. The normalized spacial score (nSPS) is 12.7. The largest absolute Gasteiger partial charge is 0.299 e. The van der Waals surface area contributed by atoms with Gasteiger partial charge >= 0.3 is 0 Å². The molecule has 1 unspecified atom stereocenters. The Labute approximate surface area is 138 Å². The lowest BCUT2D eigenvalue weighted by Gasteiger charge is -2.25. The molecule has 1 aromatic carbocycles. The second-order valence-electron chi connectivity index (χ2n) is 6.31. The number of hydrogen-bond donors (Lipinski definition) is 0. The minimum absolute atomic E-state index is 0.432. The number of likely N-dealkylation sites (N-methyl/N-ethyl adjacent to an activating group) is 1. The second-order valence-corrected chi connectivity index (χ2v) is 6.31. The average Bonchev–Trinajstić information content (AvgIpc) is 2.55. The minimum Gasteiger partial charge on any atom is -0.299 e. The monoisotopic (exact) mass is 305 g/mol. The van der Waals surface area contributed by atoms with Crippen molar-refractivity contribution in [2.24, 2.45) is 0 Å². The molecule has 118 valence electrons. The first-order valence-corrected chi connectivity index (χ1v) is 8.07. The van der Waals surface area contributed by atoms with Crippen molar-refractivity contribution >= 4 is 10.8 Å². The van der Waals surface area contributed by atoms with Crippen molar-refractivity contribution in [3.63, 3.8) is 0 Å². The van der Waals surface area contributed by atoms with Gasteiger partial charge in [-0.25, -0.2) is 0 Å². The first-order chi connectivity index (χ1) is 11.1. The Morgan fingerprint density at radius 2 is 2.00 bits per heavy atom. The predicted molar refractivity (Wildman–Crippen MR) is 95.4 cm³/mol. The van der Waals surface area contributed by atoms with Gasteiger partial charge in [0.2, 0.25) is 0 Å². The predicted octanol–water partition coefficient (Wildman–Crippen LogP) is 4.00. The van der Waals surface area contributed by atoms with Crippen LogP contribution < -0.4 is 0 Å². The molecule has 2 heterocycles.